The summed E-state index contributed by atoms with van der Waals surface area (Å²) in [6, 6.07) is 3.86. The van der Waals surface area contributed by atoms with Crippen molar-refractivity contribution in [3.8, 4) is 0 Å². The van der Waals surface area contributed by atoms with Crippen LogP contribution < -0.4 is 11.5 Å². The fourth-order valence-corrected chi connectivity index (χ4v) is 1.53. The van der Waals surface area contributed by atoms with Gasteiger partial charge in [-0.2, -0.15) is 0 Å². The summed E-state index contributed by atoms with van der Waals surface area (Å²) in [5.74, 6) is -0.833. The number of primary amides is 1. The van der Waals surface area contributed by atoms with E-state index in [1.54, 1.807) is 0 Å². The molecule has 1 aromatic rings. The standard InChI is InChI=1S/C9H10FN3OS/c10-7-2-1-5(8(11)14)3-6(7)4-15-9(12)13/h1-3H,4H2,(H2,11,14)(H3,12,13). The molecule has 1 amide bonds. The van der Waals surface area contributed by atoms with E-state index in [4.69, 9.17) is 16.9 Å². The number of hydrogen-bond donors (Lipinski definition) is 3. The second-order valence-corrected chi connectivity index (χ2v) is 3.84. The third-order valence-electron chi connectivity index (χ3n) is 1.71. The SMILES string of the molecule is N=C(N)SCc1cc(C(N)=O)ccc1F. The summed E-state index contributed by atoms with van der Waals surface area (Å²) in [5.41, 5.74) is 10.7. The first-order valence-electron chi connectivity index (χ1n) is 4.05. The van der Waals surface area contributed by atoms with E-state index in [2.05, 4.69) is 0 Å². The second-order valence-electron chi connectivity index (χ2n) is 2.82. The number of carbonyl (C=O) groups is 1. The van der Waals surface area contributed by atoms with Gasteiger partial charge in [0.15, 0.2) is 5.17 Å². The van der Waals surface area contributed by atoms with Crippen molar-refractivity contribution in [3.63, 3.8) is 0 Å². The van der Waals surface area contributed by atoms with E-state index < -0.39 is 11.7 Å². The van der Waals surface area contributed by atoms with Crippen LogP contribution in [0.1, 0.15) is 15.9 Å². The Hall–Kier alpha value is -1.56. The highest BCUT2D eigenvalue weighted by Gasteiger charge is 2.07. The molecule has 0 fully saturated rings. The van der Waals surface area contributed by atoms with E-state index in [0.29, 0.717) is 5.56 Å². The van der Waals surface area contributed by atoms with Gasteiger partial charge in [0.25, 0.3) is 0 Å². The first kappa shape index (κ1) is 11.5. The van der Waals surface area contributed by atoms with Gasteiger partial charge in [-0.05, 0) is 23.8 Å². The normalized spacial score (nSPS) is 9.93. The molecule has 1 rings (SSSR count). The molecule has 0 saturated heterocycles. The minimum atomic E-state index is -0.607. The number of nitrogens with one attached hydrogen (secondary N) is 1. The van der Waals surface area contributed by atoms with E-state index in [-0.39, 0.29) is 16.5 Å². The number of hydrogen-bond acceptors (Lipinski definition) is 3. The number of rotatable bonds is 3. The van der Waals surface area contributed by atoms with Crippen LogP contribution in [0.3, 0.4) is 0 Å². The number of amides is 1. The lowest BCUT2D eigenvalue weighted by atomic mass is 10.1. The van der Waals surface area contributed by atoms with Gasteiger partial charge in [0.2, 0.25) is 5.91 Å². The second kappa shape index (κ2) is 4.79. The number of carbonyl (C=O) groups excluding carboxylic acids is 1. The maximum absolute atomic E-state index is 13.2. The molecule has 4 nitrogen and oxygen atoms in total. The first-order valence-corrected chi connectivity index (χ1v) is 5.04. The van der Waals surface area contributed by atoms with Crippen LogP contribution in [0, 0.1) is 11.2 Å². The molecular formula is C9H10FN3OS. The zero-order chi connectivity index (χ0) is 11.4. The van der Waals surface area contributed by atoms with E-state index in [1.807, 2.05) is 0 Å². The van der Waals surface area contributed by atoms with Crippen LogP contribution in [-0.4, -0.2) is 11.1 Å². The molecule has 0 saturated carbocycles. The van der Waals surface area contributed by atoms with Crippen LogP contribution in [0.5, 0.6) is 0 Å². The zero-order valence-corrected chi connectivity index (χ0v) is 8.60. The average molecular weight is 227 g/mol. The molecule has 6 heteroatoms. The van der Waals surface area contributed by atoms with Gasteiger partial charge in [-0.15, -0.1) is 0 Å². The molecule has 0 radical (unpaired) electrons. The van der Waals surface area contributed by atoms with Gasteiger partial charge < -0.3 is 11.5 Å². The summed E-state index contributed by atoms with van der Waals surface area (Å²) in [6.07, 6.45) is 0. The van der Waals surface area contributed by atoms with Crippen LogP contribution in [0.4, 0.5) is 4.39 Å². The molecule has 0 bridgehead atoms. The first-order chi connectivity index (χ1) is 7.00. The molecule has 15 heavy (non-hydrogen) atoms. The fraction of sp³-hybridized carbons (Fsp3) is 0.111. The summed E-state index contributed by atoms with van der Waals surface area (Å²) in [5, 5.41) is 6.88. The molecule has 5 N–H and O–H groups in total. The summed E-state index contributed by atoms with van der Waals surface area (Å²) >= 11 is 0.988. The molecule has 0 spiro atoms. The summed E-state index contributed by atoms with van der Waals surface area (Å²) < 4.78 is 13.2. The maximum Gasteiger partial charge on any atom is 0.248 e. The fourth-order valence-electron chi connectivity index (χ4n) is 0.994. The summed E-state index contributed by atoms with van der Waals surface area (Å²) in [6.45, 7) is 0. The molecule has 0 unspecified atom stereocenters. The third-order valence-corrected chi connectivity index (χ3v) is 2.48. The maximum atomic E-state index is 13.2. The molecule has 0 aromatic heterocycles. The van der Waals surface area contributed by atoms with Gasteiger partial charge >= 0.3 is 0 Å². The molecule has 0 aliphatic carbocycles. The number of nitrogens with two attached hydrogens (primary N) is 2. The number of benzene rings is 1. The van der Waals surface area contributed by atoms with Crippen LogP contribution in [0.25, 0.3) is 0 Å². The summed E-state index contributed by atoms with van der Waals surface area (Å²) in [4.78, 5) is 10.8. The Morgan fingerprint density at radius 2 is 2.13 bits per heavy atom. The predicted octanol–water partition coefficient (Wildman–Crippen LogP) is 1.05. The van der Waals surface area contributed by atoms with Gasteiger partial charge in [0.1, 0.15) is 5.82 Å². The average Bonchev–Trinajstić information content (AvgIpc) is 2.16. The lowest BCUT2D eigenvalue weighted by Crippen LogP contribution is -2.11. The van der Waals surface area contributed by atoms with Crippen molar-refractivity contribution >= 4 is 22.8 Å². The Balaban J connectivity index is 2.90. The Kier molecular flexibility index (Phi) is 3.68. The highest BCUT2D eigenvalue weighted by molar-refractivity contribution is 8.13. The molecule has 1 aromatic carbocycles. The molecule has 0 heterocycles. The predicted molar refractivity (Wildman–Crippen MR) is 58.1 cm³/mol. The molecule has 80 valence electrons. The van der Waals surface area contributed by atoms with E-state index in [1.165, 1.54) is 18.2 Å². The molecule has 0 aliphatic rings. The van der Waals surface area contributed by atoms with Gasteiger partial charge in [-0.3, -0.25) is 10.2 Å². The minimum Gasteiger partial charge on any atom is -0.379 e. The largest absolute Gasteiger partial charge is 0.379 e. The Morgan fingerprint density at radius 1 is 1.47 bits per heavy atom. The molecular weight excluding hydrogens is 217 g/mol. The van der Waals surface area contributed by atoms with Crippen LogP contribution in [-0.2, 0) is 5.75 Å². The smallest absolute Gasteiger partial charge is 0.248 e. The van der Waals surface area contributed by atoms with Gasteiger partial charge in [-0.1, -0.05) is 11.8 Å². The highest BCUT2D eigenvalue weighted by atomic mass is 32.2. The van der Waals surface area contributed by atoms with Crippen LogP contribution in [0.15, 0.2) is 18.2 Å². The van der Waals surface area contributed by atoms with Gasteiger partial charge in [-0.25, -0.2) is 4.39 Å². The number of halogens is 1. The van der Waals surface area contributed by atoms with Crippen molar-refractivity contribution in [1.82, 2.24) is 0 Å². The molecule has 0 atom stereocenters. The Morgan fingerprint density at radius 3 is 2.67 bits per heavy atom. The van der Waals surface area contributed by atoms with Crippen molar-refractivity contribution < 1.29 is 9.18 Å². The van der Waals surface area contributed by atoms with E-state index in [0.717, 1.165) is 11.8 Å². The van der Waals surface area contributed by atoms with E-state index in [9.17, 15) is 9.18 Å². The lowest BCUT2D eigenvalue weighted by Gasteiger charge is -2.03. The van der Waals surface area contributed by atoms with Gasteiger partial charge in [0, 0.05) is 11.3 Å². The van der Waals surface area contributed by atoms with Crippen molar-refractivity contribution in [2.45, 2.75) is 5.75 Å². The van der Waals surface area contributed by atoms with Crippen molar-refractivity contribution in [3.05, 3.63) is 35.1 Å². The lowest BCUT2D eigenvalue weighted by molar-refractivity contribution is 0.1000. The zero-order valence-electron chi connectivity index (χ0n) is 7.79. The highest BCUT2D eigenvalue weighted by Crippen LogP contribution is 2.16. The molecule has 0 aliphatic heterocycles. The Bertz CT molecular complexity index is 408. The quantitative estimate of drug-likeness (QED) is 0.532. The summed E-state index contributed by atoms with van der Waals surface area (Å²) in [7, 11) is 0. The van der Waals surface area contributed by atoms with Crippen molar-refractivity contribution in [1.29, 1.82) is 5.41 Å². The number of thioether (sulfide) groups is 1. The topological polar surface area (TPSA) is 93.0 Å². The van der Waals surface area contributed by atoms with Crippen molar-refractivity contribution in [2.75, 3.05) is 0 Å². The Labute approximate surface area is 90.3 Å². The van der Waals surface area contributed by atoms with Gasteiger partial charge in [0.05, 0.1) is 0 Å². The van der Waals surface area contributed by atoms with Crippen LogP contribution >= 0.6 is 11.8 Å². The minimum absolute atomic E-state index is 0.0983. The monoisotopic (exact) mass is 227 g/mol. The van der Waals surface area contributed by atoms with Crippen LogP contribution in [0.2, 0.25) is 0 Å². The van der Waals surface area contributed by atoms with Crippen molar-refractivity contribution in [2.24, 2.45) is 11.5 Å². The third kappa shape index (κ3) is 3.25. The number of amidine groups is 1. The van der Waals surface area contributed by atoms with E-state index >= 15 is 0 Å².